The van der Waals surface area contributed by atoms with Gasteiger partial charge in [0.2, 0.25) is 0 Å². The second-order valence-electron chi connectivity index (χ2n) is 5.40. The molecule has 0 spiro atoms. The van der Waals surface area contributed by atoms with E-state index in [9.17, 15) is 9.90 Å². The van der Waals surface area contributed by atoms with Crippen molar-refractivity contribution in [3.8, 4) is 0 Å². The predicted molar refractivity (Wildman–Crippen MR) is 63.3 cm³/mol. The normalized spacial score (nSPS) is 19.5. The van der Waals surface area contributed by atoms with Crippen LogP contribution in [0.5, 0.6) is 0 Å². The molecular weight excluding hydrogens is 204 g/mol. The van der Waals surface area contributed by atoms with Crippen LogP contribution in [0, 0.1) is 0 Å². The summed E-state index contributed by atoms with van der Waals surface area (Å²) in [6.45, 7) is 6.21. The highest BCUT2D eigenvalue weighted by Crippen LogP contribution is 2.20. The molecule has 1 aliphatic carbocycles. The minimum absolute atomic E-state index is 0.185. The van der Waals surface area contributed by atoms with Crippen molar-refractivity contribution in [3.05, 3.63) is 11.6 Å². The van der Waals surface area contributed by atoms with Crippen LogP contribution in [0.3, 0.4) is 0 Å². The van der Waals surface area contributed by atoms with Gasteiger partial charge in [0.15, 0.2) is 5.78 Å². The molecule has 0 amide bonds. The predicted octanol–water partition coefficient (Wildman–Crippen LogP) is 2.23. The van der Waals surface area contributed by atoms with Gasteiger partial charge in [-0.2, -0.15) is 0 Å². The van der Waals surface area contributed by atoms with Gasteiger partial charge in [0.1, 0.15) is 0 Å². The zero-order valence-corrected chi connectivity index (χ0v) is 10.5. The van der Waals surface area contributed by atoms with Crippen molar-refractivity contribution in [1.82, 2.24) is 0 Å². The minimum atomic E-state index is -0.503. The van der Waals surface area contributed by atoms with Crippen LogP contribution in [0.15, 0.2) is 11.6 Å². The quantitative estimate of drug-likeness (QED) is 0.799. The van der Waals surface area contributed by atoms with Crippen molar-refractivity contribution in [2.24, 2.45) is 0 Å². The molecule has 1 atom stereocenters. The highest BCUT2D eigenvalue weighted by Gasteiger charge is 2.16. The number of ketones is 1. The number of allylic oxidation sites excluding steroid dienone is 1. The van der Waals surface area contributed by atoms with E-state index in [1.165, 1.54) is 0 Å². The number of hydrogen-bond donors (Lipinski definition) is 1. The van der Waals surface area contributed by atoms with Gasteiger partial charge in [0, 0.05) is 6.42 Å². The van der Waals surface area contributed by atoms with E-state index in [0.29, 0.717) is 19.4 Å². The van der Waals surface area contributed by atoms with E-state index in [-0.39, 0.29) is 11.4 Å². The first-order valence-corrected chi connectivity index (χ1v) is 5.91. The number of carbonyl (C=O) groups is 1. The Labute approximate surface area is 97.5 Å². The van der Waals surface area contributed by atoms with Gasteiger partial charge in [-0.15, -0.1) is 0 Å². The lowest BCUT2D eigenvalue weighted by Gasteiger charge is -2.23. The minimum Gasteiger partial charge on any atom is -0.390 e. The highest BCUT2D eigenvalue weighted by molar-refractivity contribution is 5.91. The van der Waals surface area contributed by atoms with Gasteiger partial charge < -0.3 is 9.84 Å². The standard InChI is InChI=1S/C13H22O3/c1-13(2,3)16-9-12(15)8-10-5-4-6-11(14)7-10/h7,12,15H,4-6,8-9H2,1-3H3/t12-/m1/s1. The van der Waals surface area contributed by atoms with E-state index in [0.717, 1.165) is 18.4 Å². The smallest absolute Gasteiger partial charge is 0.155 e. The van der Waals surface area contributed by atoms with Crippen LogP contribution in [0.1, 0.15) is 46.5 Å². The van der Waals surface area contributed by atoms with Gasteiger partial charge in [-0.1, -0.05) is 5.57 Å². The summed E-state index contributed by atoms with van der Waals surface area (Å²) in [5.74, 6) is 0.185. The number of ether oxygens (including phenoxy) is 1. The average molecular weight is 226 g/mol. The molecule has 1 N–H and O–H groups in total. The molecule has 0 unspecified atom stereocenters. The monoisotopic (exact) mass is 226 g/mol. The van der Waals surface area contributed by atoms with Crippen molar-refractivity contribution in [3.63, 3.8) is 0 Å². The highest BCUT2D eigenvalue weighted by atomic mass is 16.5. The summed E-state index contributed by atoms with van der Waals surface area (Å²) in [6.07, 6.45) is 4.23. The molecule has 0 heterocycles. The molecule has 0 aliphatic heterocycles. The Morgan fingerprint density at radius 3 is 2.69 bits per heavy atom. The maximum atomic E-state index is 11.2. The number of aliphatic hydroxyl groups is 1. The average Bonchev–Trinajstić information content (AvgIpc) is 2.14. The fourth-order valence-electron chi connectivity index (χ4n) is 1.73. The molecule has 1 rings (SSSR count). The first-order valence-electron chi connectivity index (χ1n) is 5.91. The third-order valence-corrected chi connectivity index (χ3v) is 2.49. The van der Waals surface area contributed by atoms with Gasteiger partial charge in [0.25, 0.3) is 0 Å². The van der Waals surface area contributed by atoms with Gasteiger partial charge >= 0.3 is 0 Å². The van der Waals surface area contributed by atoms with Crippen LogP contribution in [-0.2, 0) is 9.53 Å². The largest absolute Gasteiger partial charge is 0.390 e. The van der Waals surface area contributed by atoms with Crippen LogP contribution in [0.25, 0.3) is 0 Å². The number of hydrogen-bond acceptors (Lipinski definition) is 3. The van der Waals surface area contributed by atoms with E-state index < -0.39 is 6.10 Å². The van der Waals surface area contributed by atoms with Crippen LogP contribution < -0.4 is 0 Å². The Hall–Kier alpha value is -0.670. The lowest BCUT2D eigenvalue weighted by Crippen LogP contribution is -2.26. The van der Waals surface area contributed by atoms with E-state index >= 15 is 0 Å². The number of aliphatic hydroxyl groups excluding tert-OH is 1. The molecule has 3 nitrogen and oxygen atoms in total. The zero-order chi connectivity index (χ0) is 12.2. The number of rotatable bonds is 4. The molecule has 16 heavy (non-hydrogen) atoms. The molecule has 0 radical (unpaired) electrons. The third kappa shape index (κ3) is 5.42. The maximum Gasteiger partial charge on any atom is 0.155 e. The van der Waals surface area contributed by atoms with Crippen LogP contribution in [0.2, 0.25) is 0 Å². The van der Waals surface area contributed by atoms with Gasteiger partial charge in [0.05, 0.1) is 18.3 Å². The molecule has 0 saturated heterocycles. The Bertz CT molecular complexity index is 273. The first kappa shape index (κ1) is 13.4. The van der Waals surface area contributed by atoms with Crippen LogP contribution in [-0.4, -0.2) is 29.2 Å². The van der Waals surface area contributed by atoms with E-state index in [1.807, 2.05) is 20.8 Å². The van der Waals surface area contributed by atoms with Crippen LogP contribution in [0.4, 0.5) is 0 Å². The molecule has 0 bridgehead atoms. The summed E-state index contributed by atoms with van der Waals surface area (Å²) >= 11 is 0. The molecule has 0 aromatic rings. The molecule has 1 aliphatic rings. The molecular formula is C13H22O3. The van der Waals surface area contributed by atoms with Crippen molar-refractivity contribution in [2.75, 3.05) is 6.61 Å². The third-order valence-electron chi connectivity index (χ3n) is 2.49. The van der Waals surface area contributed by atoms with Gasteiger partial charge in [-0.3, -0.25) is 4.79 Å². The molecule has 0 saturated carbocycles. The Morgan fingerprint density at radius 2 is 2.12 bits per heavy atom. The van der Waals surface area contributed by atoms with E-state index in [4.69, 9.17) is 4.74 Å². The summed E-state index contributed by atoms with van der Waals surface area (Å²) < 4.78 is 5.50. The Kier molecular flexibility index (Phi) is 4.69. The van der Waals surface area contributed by atoms with E-state index in [2.05, 4.69) is 0 Å². The summed E-state index contributed by atoms with van der Waals surface area (Å²) in [6, 6.07) is 0. The maximum absolute atomic E-state index is 11.2. The SMILES string of the molecule is CC(C)(C)OC[C@H](O)CC1=CC(=O)CCC1. The Balaban J connectivity index is 2.34. The van der Waals surface area contributed by atoms with Gasteiger partial charge in [-0.05, 0) is 46.1 Å². The fourth-order valence-corrected chi connectivity index (χ4v) is 1.73. The molecule has 0 aromatic heterocycles. The second-order valence-corrected chi connectivity index (χ2v) is 5.40. The second kappa shape index (κ2) is 5.60. The number of carbonyl (C=O) groups excluding carboxylic acids is 1. The van der Waals surface area contributed by atoms with Gasteiger partial charge in [-0.25, -0.2) is 0 Å². The molecule has 0 aromatic carbocycles. The summed E-state index contributed by atoms with van der Waals surface area (Å²) in [7, 11) is 0. The first-order chi connectivity index (χ1) is 7.37. The Morgan fingerprint density at radius 1 is 1.44 bits per heavy atom. The van der Waals surface area contributed by atoms with Crippen molar-refractivity contribution in [2.45, 2.75) is 58.2 Å². The summed E-state index contributed by atoms with van der Waals surface area (Å²) in [4.78, 5) is 11.2. The molecule has 3 heteroatoms. The fraction of sp³-hybridized carbons (Fsp3) is 0.769. The molecule has 0 fully saturated rings. The topological polar surface area (TPSA) is 46.5 Å². The van der Waals surface area contributed by atoms with Crippen LogP contribution >= 0.6 is 0 Å². The summed E-state index contributed by atoms with van der Waals surface area (Å²) in [5, 5.41) is 9.77. The summed E-state index contributed by atoms with van der Waals surface area (Å²) in [5.41, 5.74) is 0.832. The lowest BCUT2D eigenvalue weighted by atomic mass is 9.94. The van der Waals surface area contributed by atoms with E-state index in [1.54, 1.807) is 6.08 Å². The van der Waals surface area contributed by atoms with Crippen molar-refractivity contribution < 1.29 is 14.6 Å². The zero-order valence-electron chi connectivity index (χ0n) is 10.5. The lowest BCUT2D eigenvalue weighted by molar-refractivity contribution is -0.115. The van der Waals surface area contributed by atoms with Crippen molar-refractivity contribution in [1.29, 1.82) is 0 Å². The van der Waals surface area contributed by atoms with Crippen molar-refractivity contribution >= 4 is 5.78 Å². The molecule has 92 valence electrons.